The smallest absolute Gasteiger partial charge is 0.0945 e. The predicted octanol–water partition coefficient (Wildman–Crippen LogP) is 3.15. The van der Waals surface area contributed by atoms with Crippen molar-refractivity contribution < 1.29 is 0 Å². The molecule has 0 aromatic carbocycles. The van der Waals surface area contributed by atoms with E-state index in [1.165, 1.54) is 5.69 Å². The summed E-state index contributed by atoms with van der Waals surface area (Å²) in [5.41, 5.74) is 10.9. The SMILES string of the molecule is CCc1cc(-c2cccnc2)nn1C1=CC=C(N)CC=C1. The summed E-state index contributed by atoms with van der Waals surface area (Å²) in [6, 6.07) is 6.06. The van der Waals surface area contributed by atoms with Gasteiger partial charge in [0.1, 0.15) is 0 Å². The summed E-state index contributed by atoms with van der Waals surface area (Å²) in [4.78, 5) is 4.16. The standard InChI is InChI=1S/C17H18N4/c1-2-15-11-17(13-5-4-10-19-12-13)20-21(15)16-7-3-6-14(18)8-9-16/h3-5,7-12H,2,6,18H2,1H3. The Balaban J connectivity index is 2.05. The van der Waals surface area contributed by atoms with E-state index >= 15 is 0 Å². The molecule has 0 saturated heterocycles. The Morgan fingerprint density at radius 3 is 3.00 bits per heavy atom. The second kappa shape index (κ2) is 5.79. The first-order valence-corrected chi connectivity index (χ1v) is 7.10. The van der Waals surface area contributed by atoms with Gasteiger partial charge in [0.2, 0.25) is 0 Å². The molecule has 106 valence electrons. The van der Waals surface area contributed by atoms with E-state index in [1.54, 1.807) is 6.20 Å². The molecule has 3 rings (SSSR count). The van der Waals surface area contributed by atoms with Crippen LogP contribution in [0.15, 0.2) is 60.6 Å². The number of allylic oxidation sites excluding steroid dienone is 5. The lowest BCUT2D eigenvalue weighted by molar-refractivity contribution is 0.840. The molecule has 0 fully saturated rings. The van der Waals surface area contributed by atoms with Gasteiger partial charge in [0.15, 0.2) is 0 Å². The van der Waals surface area contributed by atoms with Crippen molar-refractivity contribution in [1.82, 2.24) is 14.8 Å². The lowest BCUT2D eigenvalue weighted by Gasteiger charge is -2.05. The molecule has 2 N–H and O–H groups in total. The normalized spacial score (nSPS) is 14.5. The molecule has 2 aromatic heterocycles. The van der Waals surface area contributed by atoms with Crippen molar-refractivity contribution in [2.45, 2.75) is 19.8 Å². The number of hydrogen-bond acceptors (Lipinski definition) is 3. The van der Waals surface area contributed by atoms with Crippen LogP contribution in [-0.4, -0.2) is 14.8 Å². The Kier molecular flexibility index (Phi) is 3.69. The predicted molar refractivity (Wildman–Crippen MR) is 85.1 cm³/mol. The van der Waals surface area contributed by atoms with E-state index in [0.717, 1.165) is 35.5 Å². The van der Waals surface area contributed by atoms with Crippen molar-refractivity contribution in [2.75, 3.05) is 0 Å². The molecule has 1 aliphatic carbocycles. The van der Waals surface area contributed by atoms with Crippen molar-refractivity contribution in [3.05, 3.63) is 66.3 Å². The highest BCUT2D eigenvalue weighted by atomic mass is 15.3. The van der Waals surface area contributed by atoms with E-state index in [1.807, 2.05) is 35.2 Å². The monoisotopic (exact) mass is 278 g/mol. The van der Waals surface area contributed by atoms with E-state index in [4.69, 9.17) is 10.8 Å². The van der Waals surface area contributed by atoms with Crippen LogP contribution in [0.2, 0.25) is 0 Å². The van der Waals surface area contributed by atoms with Crippen LogP contribution in [-0.2, 0) is 6.42 Å². The van der Waals surface area contributed by atoms with Crippen LogP contribution in [0, 0.1) is 0 Å². The summed E-state index contributed by atoms with van der Waals surface area (Å²) in [5.74, 6) is 0. The second-order valence-corrected chi connectivity index (χ2v) is 4.97. The highest BCUT2D eigenvalue weighted by Crippen LogP contribution is 2.22. The first-order valence-electron chi connectivity index (χ1n) is 7.10. The van der Waals surface area contributed by atoms with Crippen molar-refractivity contribution in [3.8, 4) is 11.3 Å². The molecule has 0 amide bonds. The van der Waals surface area contributed by atoms with Crippen molar-refractivity contribution in [2.24, 2.45) is 5.73 Å². The topological polar surface area (TPSA) is 56.7 Å². The van der Waals surface area contributed by atoms with E-state index in [-0.39, 0.29) is 0 Å². The molecule has 0 saturated carbocycles. The van der Waals surface area contributed by atoms with Crippen LogP contribution in [0.4, 0.5) is 0 Å². The fourth-order valence-corrected chi connectivity index (χ4v) is 2.32. The Hall–Kier alpha value is -2.62. The van der Waals surface area contributed by atoms with Gasteiger partial charge < -0.3 is 5.73 Å². The number of nitrogens with zero attached hydrogens (tertiary/aromatic N) is 3. The maximum atomic E-state index is 5.87. The third-order valence-electron chi connectivity index (χ3n) is 3.46. The third kappa shape index (κ3) is 2.79. The van der Waals surface area contributed by atoms with Crippen molar-refractivity contribution in [3.63, 3.8) is 0 Å². The van der Waals surface area contributed by atoms with Gasteiger partial charge in [-0.15, -0.1) is 0 Å². The zero-order chi connectivity index (χ0) is 14.7. The minimum absolute atomic E-state index is 0.776. The van der Waals surface area contributed by atoms with Gasteiger partial charge >= 0.3 is 0 Å². The van der Waals surface area contributed by atoms with E-state index in [9.17, 15) is 0 Å². The summed E-state index contributed by atoms with van der Waals surface area (Å²) in [6.07, 6.45) is 13.4. The Bertz CT molecular complexity index is 721. The Labute approximate surface area is 124 Å². The summed E-state index contributed by atoms with van der Waals surface area (Å²) in [7, 11) is 0. The largest absolute Gasteiger partial charge is 0.402 e. The molecule has 0 bridgehead atoms. The third-order valence-corrected chi connectivity index (χ3v) is 3.46. The molecule has 21 heavy (non-hydrogen) atoms. The van der Waals surface area contributed by atoms with Gasteiger partial charge in [-0.3, -0.25) is 4.98 Å². The average molecular weight is 278 g/mol. The van der Waals surface area contributed by atoms with Gasteiger partial charge in [0.25, 0.3) is 0 Å². The van der Waals surface area contributed by atoms with Gasteiger partial charge in [-0.2, -0.15) is 5.10 Å². The first kappa shape index (κ1) is 13.4. The molecular weight excluding hydrogens is 260 g/mol. The number of rotatable bonds is 3. The zero-order valence-electron chi connectivity index (χ0n) is 12.0. The summed E-state index contributed by atoms with van der Waals surface area (Å²) in [6.45, 7) is 2.13. The number of aromatic nitrogens is 3. The van der Waals surface area contributed by atoms with Gasteiger partial charge in [-0.25, -0.2) is 4.68 Å². The number of pyridine rings is 1. The van der Waals surface area contributed by atoms with E-state index < -0.39 is 0 Å². The number of aryl methyl sites for hydroxylation is 1. The van der Waals surface area contributed by atoms with E-state index in [0.29, 0.717) is 0 Å². The molecule has 2 aromatic rings. The van der Waals surface area contributed by atoms with Gasteiger partial charge in [-0.1, -0.05) is 13.0 Å². The molecule has 1 aliphatic rings. The molecule has 0 atom stereocenters. The molecule has 0 aliphatic heterocycles. The zero-order valence-corrected chi connectivity index (χ0v) is 12.0. The quantitative estimate of drug-likeness (QED) is 0.938. The Morgan fingerprint density at radius 2 is 2.24 bits per heavy atom. The van der Waals surface area contributed by atoms with Crippen LogP contribution in [0.3, 0.4) is 0 Å². The fraction of sp³-hybridized carbons (Fsp3) is 0.176. The minimum Gasteiger partial charge on any atom is -0.402 e. The minimum atomic E-state index is 0.776. The highest BCUT2D eigenvalue weighted by molar-refractivity contribution is 5.64. The summed E-state index contributed by atoms with van der Waals surface area (Å²) < 4.78 is 1.98. The molecule has 0 radical (unpaired) electrons. The molecular formula is C17H18N4. The van der Waals surface area contributed by atoms with Gasteiger partial charge in [0, 0.05) is 35.8 Å². The van der Waals surface area contributed by atoms with E-state index in [2.05, 4.69) is 30.1 Å². The molecule has 0 spiro atoms. The van der Waals surface area contributed by atoms with Crippen LogP contribution in [0.1, 0.15) is 19.0 Å². The van der Waals surface area contributed by atoms with Crippen LogP contribution in [0.5, 0.6) is 0 Å². The maximum absolute atomic E-state index is 5.87. The molecule has 4 heteroatoms. The maximum Gasteiger partial charge on any atom is 0.0945 e. The molecule has 0 unspecified atom stereocenters. The lowest BCUT2D eigenvalue weighted by Crippen LogP contribution is -2.01. The van der Waals surface area contributed by atoms with Crippen LogP contribution < -0.4 is 5.73 Å². The number of nitrogens with two attached hydrogens (primary N) is 1. The summed E-state index contributed by atoms with van der Waals surface area (Å²) >= 11 is 0. The highest BCUT2D eigenvalue weighted by Gasteiger charge is 2.11. The van der Waals surface area contributed by atoms with Crippen LogP contribution in [0.25, 0.3) is 17.0 Å². The summed E-state index contributed by atoms with van der Waals surface area (Å²) in [5, 5.41) is 4.73. The second-order valence-electron chi connectivity index (χ2n) is 4.97. The average Bonchev–Trinajstić information content (AvgIpc) is 2.84. The molecule has 4 nitrogen and oxygen atoms in total. The van der Waals surface area contributed by atoms with Crippen LogP contribution >= 0.6 is 0 Å². The number of hydrogen-bond donors (Lipinski definition) is 1. The van der Waals surface area contributed by atoms with Crippen molar-refractivity contribution >= 4 is 5.70 Å². The first-order chi connectivity index (χ1) is 10.3. The van der Waals surface area contributed by atoms with Gasteiger partial charge in [-0.05, 0) is 42.8 Å². The van der Waals surface area contributed by atoms with Gasteiger partial charge in [0.05, 0.1) is 11.4 Å². The fourth-order valence-electron chi connectivity index (χ4n) is 2.32. The Morgan fingerprint density at radius 1 is 1.33 bits per heavy atom. The lowest BCUT2D eigenvalue weighted by atomic mass is 10.2. The molecule has 2 heterocycles. The van der Waals surface area contributed by atoms with Crippen molar-refractivity contribution in [1.29, 1.82) is 0 Å².